The van der Waals surface area contributed by atoms with Crippen molar-refractivity contribution in [2.75, 3.05) is 5.32 Å². The molecule has 0 fully saturated rings. The van der Waals surface area contributed by atoms with Gasteiger partial charge in [-0.1, -0.05) is 36.2 Å². The van der Waals surface area contributed by atoms with Gasteiger partial charge in [-0.25, -0.2) is 0 Å². The van der Waals surface area contributed by atoms with E-state index in [0.29, 0.717) is 27.9 Å². The van der Waals surface area contributed by atoms with Gasteiger partial charge in [-0.2, -0.15) is 0 Å². The zero-order chi connectivity index (χ0) is 17.0. The highest BCUT2D eigenvalue weighted by Crippen LogP contribution is 2.31. The Hall–Kier alpha value is -1.71. The molecule has 5 heteroatoms. The maximum atomic E-state index is 11.6. The van der Waals surface area contributed by atoms with E-state index in [-0.39, 0.29) is 12.5 Å². The van der Waals surface area contributed by atoms with Gasteiger partial charge in [-0.05, 0) is 49.2 Å². The zero-order valence-corrected chi connectivity index (χ0v) is 14.9. The van der Waals surface area contributed by atoms with E-state index in [1.165, 1.54) is 0 Å². The number of halogens is 2. The van der Waals surface area contributed by atoms with Crippen molar-refractivity contribution in [2.45, 2.75) is 33.8 Å². The maximum Gasteiger partial charge on any atom is 0.224 e. The summed E-state index contributed by atoms with van der Waals surface area (Å²) in [4.78, 5) is 11.6. The lowest BCUT2D eigenvalue weighted by Crippen LogP contribution is -2.12. The summed E-state index contributed by atoms with van der Waals surface area (Å²) in [6, 6.07) is 9.14. The van der Waals surface area contributed by atoms with Crippen LogP contribution in [0.5, 0.6) is 5.75 Å². The van der Waals surface area contributed by atoms with Gasteiger partial charge in [-0.3, -0.25) is 4.79 Å². The van der Waals surface area contributed by atoms with Gasteiger partial charge in [0.2, 0.25) is 5.91 Å². The number of anilines is 1. The Morgan fingerprint density at radius 3 is 2.52 bits per heavy atom. The Balaban J connectivity index is 2.23. The number of carbonyl (C=O) groups is 1. The maximum absolute atomic E-state index is 11.6. The van der Waals surface area contributed by atoms with Crippen molar-refractivity contribution in [1.29, 1.82) is 0 Å². The summed E-state index contributed by atoms with van der Waals surface area (Å²) in [5, 5.41) is 3.93. The number of carbonyl (C=O) groups excluding carboxylic acids is 1. The molecular formula is C18H19Cl2NO2. The fraction of sp³-hybridized carbons (Fsp3) is 0.278. The largest absolute Gasteiger partial charge is 0.487 e. The molecule has 0 aliphatic carbocycles. The SMILES string of the molecule is CCC(=O)Nc1cccc(Cl)c1COc1cc(C)c(C)cc1Cl. The predicted molar refractivity (Wildman–Crippen MR) is 95.6 cm³/mol. The molecule has 0 atom stereocenters. The number of nitrogens with one attached hydrogen (secondary N) is 1. The van der Waals surface area contributed by atoms with E-state index >= 15 is 0 Å². The van der Waals surface area contributed by atoms with Crippen molar-refractivity contribution in [2.24, 2.45) is 0 Å². The second-order valence-electron chi connectivity index (χ2n) is 5.32. The molecule has 0 heterocycles. The zero-order valence-electron chi connectivity index (χ0n) is 13.4. The van der Waals surface area contributed by atoms with Gasteiger partial charge in [0.1, 0.15) is 12.4 Å². The molecule has 0 aliphatic rings. The lowest BCUT2D eigenvalue weighted by atomic mass is 10.1. The lowest BCUT2D eigenvalue weighted by Gasteiger charge is -2.15. The smallest absolute Gasteiger partial charge is 0.224 e. The number of ether oxygens (including phenoxy) is 1. The van der Waals surface area contributed by atoms with Crippen LogP contribution in [0.15, 0.2) is 30.3 Å². The van der Waals surface area contributed by atoms with E-state index in [4.69, 9.17) is 27.9 Å². The van der Waals surface area contributed by atoms with Crippen molar-refractivity contribution in [3.05, 3.63) is 57.1 Å². The van der Waals surface area contributed by atoms with Crippen LogP contribution in [0.2, 0.25) is 10.0 Å². The first-order chi connectivity index (χ1) is 10.9. The van der Waals surface area contributed by atoms with E-state index in [2.05, 4.69) is 5.32 Å². The van der Waals surface area contributed by atoms with Gasteiger partial charge in [0, 0.05) is 22.7 Å². The fourth-order valence-corrected chi connectivity index (χ4v) is 2.58. The number of amides is 1. The quantitative estimate of drug-likeness (QED) is 0.767. The summed E-state index contributed by atoms with van der Waals surface area (Å²) >= 11 is 12.5. The third-order valence-corrected chi connectivity index (χ3v) is 4.28. The van der Waals surface area contributed by atoms with Crippen LogP contribution >= 0.6 is 23.2 Å². The van der Waals surface area contributed by atoms with Crippen LogP contribution in [-0.4, -0.2) is 5.91 Å². The second kappa shape index (κ2) is 7.71. The molecule has 1 amide bonds. The normalized spacial score (nSPS) is 10.5. The predicted octanol–water partition coefficient (Wildman–Crippen LogP) is 5.54. The lowest BCUT2D eigenvalue weighted by molar-refractivity contribution is -0.115. The summed E-state index contributed by atoms with van der Waals surface area (Å²) in [7, 11) is 0. The fourth-order valence-electron chi connectivity index (χ4n) is 2.08. The highest BCUT2D eigenvalue weighted by Gasteiger charge is 2.12. The average Bonchev–Trinajstić information content (AvgIpc) is 2.51. The molecule has 0 saturated carbocycles. The van der Waals surface area contributed by atoms with Crippen LogP contribution in [0.1, 0.15) is 30.0 Å². The number of hydrogen-bond acceptors (Lipinski definition) is 2. The molecule has 122 valence electrons. The molecule has 2 aromatic carbocycles. The Bertz CT molecular complexity index is 729. The standard InChI is InChI=1S/C18H19Cl2NO2/c1-4-18(22)21-16-7-5-6-14(19)13(16)10-23-17-9-12(3)11(2)8-15(17)20/h5-9H,4,10H2,1-3H3,(H,21,22). The minimum atomic E-state index is -0.0715. The summed E-state index contributed by atoms with van der Waals surface area (Å²) in [5.74, 6) is 0.528. The van der Waals surface area contributed by atoms with Crippen LogP contribution in [0.3, 0.4) is 0 Å². The molecule has 1 N–H and O–H groups in total. The molecule has 0 unspecified atom stereocenters. The molecule has 2 aromatic rings. The summed E-state index contributed by atoms with van der Waals surface area (Å²) in [5.41, 5.74) is 3.59. The van der Waals surface area contributed by atoms with Crippen LogP contribution in [0.4, 0.5) is 5.69 Å². The molecular weight excluding hydrogens is 333 g/mol. The van der Waals surface area contributed by atoms with Crippen LogP contribution in [0.25, 0.3) is 0 Å². The first-order valence-electron chi connectivity index (χ1n) is 7.39. The Labute approximate surface area is 146 Å². The molecule has 0 bridgehead atoms. The first kappa shape index (κ1) is 17.6. The van der Waals surface area contributed by atoms with E-state index in [1.54, 1.807) is 25.1 Å². The van der Waals surface area contributed by atoms with E-state index < -0.39 is 0 Å². The molecule has 0 aromatic heterocycles. The van der Waals surface area contributed by atoms with Gasteiger partial charge >= 0.3 is 0 Å². The van der Waals surface area contributed by atoms with Crippen LogP contribution < -0.4 is 10.1 Å². The van der Waals surface area contributed by atoms with Crippen molar-refractivity contribution in [3.8, 4) is 5.75 Å². The molecule has 2 rings (SSSR count). The monoisotopic (exact) mass is 351 g/mol. The van der Waals surface area contributed by atoms with Gasteiger partial charge in [-0.15, -0.1) is 0 Å². The Morgan fingerprint density at radius 1 is 1.13 bits per heavy atom. The molecule has 0 spiro atoms. The van der Waals surface area contributed by atoms with Crippen LogP contribution in [-0.2, 0) is 11.4 Å². The van der Waals surface area contributed by atoms with Crippen molar-refractivity contribution >= 4 is 34.8 Å². The molecule has 0 aliphatic heterocycles. The van der Waals surface area contributed by atoms with Gasteiger partial charge in [0.25, 0.3) is 0 Å². The first-order valence-corrected chi connectivity index (χ1v) is 8.14. The minimum absolute atomic E-state index is 0.0715. The van der Waals surface area contributed by atoms with E-state index in [9.17, 15) is 4.79 Å². The third kappa shape index (κ3) is 4.40. The van der Waals surface area contributed by atoms with E-state index in [0.717, 1.165) is 16.7 Å². The number of benzene rings is 2. The van der Waals surface area contributed by atoms with Gasteiger partial charge in [0.05, 0.1) is 5.02 Å². The summed E-state index contributed by atoms with van der Waals surface area (Å²) < 4.78 is 5.83. The van der Waals surface area contributed by atoms with Crippen molar-refractivity contribution in [3.63, 3.8) is 0 Å². The van der Waals surface area contributed by atoms with Crippen LogP contribution in [0, 0.1) is 13.8 Å². The van der Waals surface area contributed by atoms with Gasteiger partial charge < -0.3 is 10.1 Å². The number of hydrogen-bond donors (Lipinski definition) is 1. The molecule has 0 radical (unpaired) electrons. The topological polar surface area (TPSA) is 38.3 Å². The molecule has 23 heavy (non-hydrogen) atoms. The summed E-state index contributed by atoms with van der Waals surface area (Å²) in [6.07, 6.45) is 0.399. The molecule has 0 saturated heterocycles. The highest BCUT2D eigenvalue weighted by atomic mass is 35.5. The van der Waals surface area contributed by atoms with Crippen molar-refractivity contribution < 1.29 is 9.53 Å². The average molecular weight is 352 g/mol. The van der Waals surface area contributed by atoms with Crippen molar-refractivity contribution in [1.82, 2.24) is 0 Å². The molecule has 3 nitrogen and oxygen atoms in total. The van der Waals surface area contributed by atoms with E-state index in [1.807, 2.05) is 26.0 Å². The number of aryl methyl sites for hydroxylation is 2. The minimum Gasteiger partial charge on any atom is -0.487 e. The van der Waals surface area contributed by atoms with Gasteiger partial charge in [0.15, 0.2) is 0 Å². The number of rotatable bonds is 5. The summed E-state index contributed by atoms with van der Waals surface area (Å²) in [6.45, 7) is 6.02. The third-order valence-electron chi connectivity index (χ3n) is 3.63. The Morgan fingerprint density at radius 2 is 1.83 bits per heavy atom. The Kier molecular flexibility index (Phi) is 5.91. The highest BCUT2D eigenvalue weighted by molar-refractivity contribution is 6.32. The second-order valence-corrected chi connectivity index (χ2v) is 6.14.